The minimum absolute atomic E-state index is 0.106. The molecule has 0 bridgehead atoms. The van der Waals surface area contributed by atoms with Gasteiger partial charge in [0.15, 0.2) is 0 Å². The third-order valence-electron chi connectivity index (χ3n) is 6.10. The molecule has 0 saturated carbocycles. The molecule has 2 aromatic rings. The van der Waals surface area contributed by atoms with Crippen LogP contribution in [0.1, 0.15) is 75.1 Å². The van der Waals surface area contributed by atoms with Gasteiger partial charge in [0.05, 0.1) is 16.1 Å². The zero-order valence-corrected chi connectivity index (χ0v) is 18.7. The molecule has 1 aromatic carbocycles. The first kappa shape index (κ1) is 22.7. The lowest BCUT2D eigenvalue weighted by Gasteiger charge is -2.32. The number of aromatic nitrogens is 1. The molecule has 0 aliphatic carbocycles. The number of hydrogen-bond acceptors (Lipinski definition) is 4. The Balaban J connectivity index is 1.72. The van der Waals surface area contributed by atoms with Crippen molar-refractivity contribution in [3.63, 3.8) is 0 Å². The number of hydrogen-bond donors (Lipinski definition) is 0. The van der Waals surface area contributed by atoms with Gasteiger partial charge < -0.3 is 9.69 Å². The van der Waals surface area contributed by atoms with E-state index in [1.165, 1.54) is 6.42 Å². The van der Waals surface area contributed by atoms with Gasteiger partial charge in [-0.25, -0.2) is 4.98 Å². The summed E-state index contributed by atoms with van der Waals surface area (Å²) in [6.45, 7) is 5.82. The molecule has 2 atom stereocenters. The normalized spacial score (nSPS) is 16.3. The molecule has 1 amide bonds. The topological polar surface area (TPSA) is 50.3 Å². The van der Waals surface area contributed by atoms with E-state index < -0.39 is 0 Å². The van der Waals surface area contributed by atoms with E-state index >= 15 is 0 Å². The zero-order valence-electron chi connectivity index (χ0n) is 17.9. The number of likely N-dealkylation sites (tertiary alicyclic amines) is 1. The first-order valence-corrected chi connectivity index (χ1v) is 12.3. The first-order valence-electron chi connectivity index (χ1n) is 11.4. The molecular formula is C25H34N2O2S. The summed E-state index contributed by atoms with van der Waals surface area (Å²) in [5.74, 6) is 0.104. The second-order valence-corrected chi connectivity index (χ2v) is 9.36. The predicted octanol–water partition coefficient (Wildman–Crippen LogP) is 6.12. The minimum Gasteiger partial charge on any atom is -0.342 e. The summed E-state index contributed by atoms with van der Waals surface area (Å²) in [5, 5.41) is 0.933. The molecule has 1 aliphatic heterocycles. The highest BCUT2D eigenvalue weighted by atomic mass is 32.1. The molecule has 2 heterocycles. The molecule has 1 fully saturated rings. The zero-order chi connectivity index (χ0) is 21.2. The van der Waals surface area contributed by atoms with Crippen LogP contribution in [0.2, 0.25) is 0 Å². The summed E-state index contributed by atoms with van der Waals surface area (Å²) in [4.78, 5) is 31.0. The SMILES string of the molecule is C=C[C@H](CCCCCCCC=O)[C@H](C(=O)N1CCCCC1)c1nc2ccccc2s1. The van der Waals surface area contributed by atoms with E-state index in [0.29, 0.717) is 6.42 Å². The number of rotatable bonds is 12. The van der Waals surface area contributed by atoms with Crippen molar-refractivity contribution in [1.82, 2.24) is 9.88 Å². The monoisotopic (exact) mass is 426 g/mol. The van der Waals surface area contributed by atoms with Crippen molar-refractivity contribution in [2.24, 2.45) is 5.92 Å². The van der Waals surface area contributed by atoms with Crippen LogP contribution >= 0.6 is 11.3 Å². The highest BCUT2D eigenvalue weighted by Crippen LogP contribution is 2.37. The molecule has 0 spiro atoms. The maximum atomic E-state index is 13.6. The minimum atomic E-state index is -0.229. The van der Waals surface area contributed by atoms with Crippen molar-refractivity contribution in [2.45, 2.75) is 70.1 Å². The molecule has 5 heteroatoms. The number of nitrogens with zero attached hydrogens (tertiary/aromatic N) is 2. The molecule has 4 nitrogen and oxygen atoms in total. The Kier molecular flexibility index (Phi) is 9.06. The number of allylic oxidation sites excluding steroid dienone is 1. The Morgan fingerprint density at radius 2 is 1.83 bits per heavy atom. The number of amides is 1. The molecule has 1 aliphatic rings. The molecular weight excluding hydrogens is 392 g/mol. The summed E-state index contributed by atoms with van der Waals surface area (Å²) < 4.78 is 1.14. The quantitative estimate of drug-likeness (QED) is 0.233. The van der Waals surface area contributed by atoms with Gasteiger partial charge in [0.25, 0.3) is 0 Å². The van der Waals surface area contributed by atoms with Crippen LogP contribution in [-0.4, -0.2) is 35.2 Å². The Bertz CT molecular complexity index is 792. The fourth-order valence-corrected chi connectivity index (χ4v) is 5.50. The van der Waals surface area contributed by atoms with E-state index in [1.807, 2.05) is 24.3 Å². The number of piperidine rings is 1. The van der Waals surface area contributed by atoms with E-state index in [2.05, 4.69) is 17.5 Å². The van der Waals surface area contributed by atoms with Crippen LogP contribution in [0.15, 0.2) is 36.9 Å². The smallest absolute Gasteiger partial charge is 0.233 e. The molecule has 0 N–H and O–H groups in total. The lowest BCUT2D eigenvalue weighted by Crippen LogP contribution is -2.40. The number of thiazole rings is 1. The van der Waals surface area contributed by atoms with Crippen LogP contribution in [-0.2, 0) is 9.59 Å². The highest BCUT2D eigenvalue weighted by molar-refractivity contribution is 7.18. The van der Waals surface area contributed by atoms with E-state index in [4.69, 9.17) is 4.98 Å². The van der Waals surface area contributed by atoms with Crippen LogP contribution in [0.25, 0.3) is 10.2 Å². The van der Waals surface area contributed by atoms with Crippen LogP contribution in [0, 0.1) is 5.92 Å². The number of unbranched alkanes of at least 4 members (excludes halogenated alkanes) is 5. The fraction of sp³-hybridized carbons (Fsp3) is 0.560. The molecule has 30 heavy (non-hydrogen) atoms. The molecule has 1 saturated heterocycles. The van der Waals surface area contributed by atoms with E-state index in [9.17, 15) is 9.59 Å². The van der Waals surface area contributed by atoms with Gasteiger partial charge in [0.2, 0.25) is 5.91 Å². The third kappa shape index (κ3) is 6.00. The summed E-state index contributed by atoms with van der Waals surface area (Å²) >= 11 is 1.65. The lowest BCUT2D eigenvalue weighted by atomic mass is 9.86. The van der Waals surface area contributed by atoms with Gasteiger partial charge in [0.1, 0.15) is 11.3 Å². The van der Waals surface area contributed by atoms with Crippen molar-refractivity contribution < 1.29 is 9.59 Å². The maximum absolute atomic E-state index is 13.6. The number of carbonyl (C=O) groups is 2. The van der Waals surface area contributed by atoms with Crippen LogP contribution in [0.3, 0.4) is 0 Å². The Morgan fingerprint density at radius 1 is 1.10 bits per heavy atom. The molecule has 3 rings (SSSR count). The second kappa shape index (κ2) is 12.0. The number of carbonyl (C=O) groups excluding carboxylic acids is 2. The Morgan fingerprint density at radius 3 is 2.57 bits per heavy atom. The standard InChI is InChI=1S/C25H34N2O2S/c1-2-20(14-8-5-3-4-6-13-19-28)23(25(29)27-17-11-7-12-18-27)24-26-21-15-9-10-16-22(21)30-24/h2,9-10,15-16,19-20,23H,1,3-8,11-14,17-18H2/t20-,23+/m1/s1. The van der Waals surface area contributed by atoms with E-state index in [1.54, 1.807) is 11.3 Å². The van der Waals surface area contributed by atoms with Crippen molar-refractivity contribution in [2.75, 3.05) is 13.1 Å². The van der Waals surface area contributed by atoms with Gasteiger partial charge >= 0.3 is 0 Å². The van der Waals surface area contributed by atoms with Crippen molar-refractivity contribution in [3.05, 3.63) is 41.9 Å². The van der Waals surface area contributed by atoms with Gasteiger partial charge in [-0.2, -0.15) is 0 Å². The van der Waals surface area contributed by atoms with Crippen LogP contribution in [0.5, 0.6) is 0 Å². The Hall–Kier alpha value is -2.01. The highest BCUT2D eigenvalue weighted by Gasteiger charge is 2.34. The van der Waals surface area contributed by atoms with E-state index in [-0.39, 0.29) is 17.7 Å². The number of benzene rings is 1. The van der Waals surface area contributed by atoms with Gasteiger partial charge in [-0.3, -0.25) is 4.79 Å². The van der Waals surface area contributed by atoms with Crippen molar-refractivity contribution in [1.29, 1.82) is 0 Å². The molecule has 1 aromatic heterocycles. The van der Waals surface area contributed by atoms with E-state index in [0.717, 1.165) is 86.0 Å². The van der Waals surface area contributed by atoms with Crippen LogP contribution < -0.4 is 0 Å². The van der Waals surface area contributed by atoms with Crippen LogP contribution in [0.4, 0.5) is 0 Å². The summed E-state index contributed by atoms with van der Waals surface area (Å²) in [7, 11) is 0. The predicted molar refractivity (Wildman–Crippen MR) is 125 cm³/mol. The molecule has 0 radical (unpaired) electrons. The van der Waals surface area contributed by atoms with Gasteiger partial charge in [-0.1, -0.05) is 43.9 Å². The number of aldehydes is 1. The van der Waals surface area contributed by atoms with Crippen molar-refractivity contribution >= 4 is 33.7 Å². The first-order chi connectivity index (χ1) is 14.7. The maximum Gasteiger partial charge on any atom is 0.233 e. The van der Waals surface area contributed by atoms with Gasteiger partial charge in [0, 0.05) is 19.5 Å². The molecule has 162 valence electrons. The molecule has 0 unspecified atom stereocenters. The Labute approximate surface area is 184 Å². The average molecular weight is 427 g/mol. The van der Waals surface area contributed by atoms with Crippen molar-refractivity contribution in [3.8, 4) is 0 Å². The van der Waals surface area contributed by atoms with Gasteiger partial charge in [-0.15, -0.1) is 17.9 Å². The lowest BCUT2D eigenvalue weighted by molar-refractivity contribution is -0.134. The fourth-order valence-electron chi connectivity index (χ4n) is 4.36. The summed E-state index contributed by atoms with van der Waals surface area (Å²) in [5.41, 5.74) is 0.979. The summed E-state index contributed by atoms with van der Waals surface area (Å²) in [6, 6.07) is 8.14. The number of para-hydroxylation sites is 1. The van der Waals surface area contributed by atoms with Gasteiger partial charge in [-0.05, 0) is 50.2 Å². The summed E-state index contributed by atoms with van der Waals surface area (Å²) in [6.07, 6.45) is 13.4. The second-order valence-electron chi connectivity index (χ2n) is 8.29. The number of fused-ring (bicyclic) bond motifs is 1. The third-order valence-corrected chi connectivity index (χ3v) is 7.22. The average Bonchev–Trinajstić information content (AvgIpc) is 3.21. The largest absolute Gasteiger partial charge is 0.342 e.